The minimum Gasteiger partial charge on any atom is -0.457 e. The number of amidine groups is 1. The van der Waals surface area contributed by atoms with Crippen LogP contribution in [0.3, 0.4) is 0 Å². The first-order valence-electron chi connectivity index (χ1n) is 9.50. The number of aliphatic hydroxyl groups excluding tert-OH is 1. The first-order chi connectivity index (χ1) is 14.1. The number of rotatable bonds is 6. The Hall–Kier alpha value is -2.52. The monoisotopic (exact) mass is 438 g/mol. The molecule has 2 atom stereocenters. The van der Waals surface area contributed by atoms with Crippen LogP contribution in [0, 0.1) is 11.6 Å². The molecular formula is C21H24F2N2O4S. The first-order valence-corrected chi connectivity index (χ1v) is 11.0. The normalized spacial score (nSPS) is 22.2. The van der Waals surface area contributed by atoms with Gasteiger partial charge >= 0.3 is 0 Å². The Balaban J connectivity index is 1.92. The van der Waals surface area contributed by atoms with E-state index >= 15 is 0 Å². The average molecular weight is 438 g/mol. The number of ether oxygens (including phenoxy) is 1. The summed E-state index contributed by atoms with van der Waals surface area (Å²) in [4.78, 5) is 4.17. The maximum Gasteiger partial charge on any atom is 0.299 e. The van der Waals surface area contributed by atoms with Gasteiger partial charge in [-0.3, -0.25) is 0 Å². The fraction of sp³-hybridized carbons (Fsp3) is 0.381. The molecule has 0 aliphatic carbocycles. The van der Waals surface area contributed by atoms with Gasteiger partial charge < -0.3 is 9.84 Å². The Labute approximate surface area is 174 Å². The Kier molecular flexibility index (Phi) is 6.42. The smallest absolute Gasteiger partial charge is 0.299 e. The van der Waals surface area contributed by atoms with E-state index in [9.17, 15) is 22.3 Å². The Bertz CT molecular complexity index is 1030. The Morgan fingerprint density at radius 3 is 2.53 bits per heavy atom. The molecule has 0 amide bonds. The van der Waals surface area contributed by atoms with Crippen molar-refractivity contribution in [1.29, 1.82) is 0 Å². The summed E-state index contributed by atoms with van der Waals surface area (Å²) in [5.74, 6) is -1.37. The summed E-state index contributed by atoms with van der Waals surface area (Å²) in [6.07, 6.45) is 0.192. The third-order valence-corrected chi connectivity index (χ3v) is 6.94. The number of halogens is 2. The zero-order chi connectivity index (χ0) is 21.9. The van der Waals surface area contributed by atoms with Gasteiger partial charge in [-0.05, 0) is 50.5 Å². The summed E-state index contributed by atoms with van der Waals surface area (Å²) in [5, 5.41) is 8.44. The van der Waals surface area contributed by atoms with E-state index in [4.69, 9.17) is 4.74 Å². The molecular weight excluding hydrogens is 414 g/mol. The van der Waals surface area contributed by atoms with Crippen LogP contribution < -0.4 is 4.72 Å². The predicted molar refractivity (Wildman–Crippen MR) is 109 cm³/mol. The molecule has 0 saturated carbocycles. The molecule has 162 valence electrons. The molecule has 1 saturated heterocycles. The zero-order valence-corrected chi connectivity index (χ0v) is 17.5. The third-order valence-electron chi connectivity index (χ3n) is 5.00. The van der Waals surface area contributed by atoms with Gasteiger partial charge in [0.1, 0.15) is 22.5 Å². The lowest BCUT2D eigenvalue weighted by molar-refractivity contribution is 0.0759. The van der Waals surface area contributed by atoms with E-state index in [1.54, 1.807) is 13.8 Å². The van der Waals surface area contributed by atoms with Gasteiger partial charge in [0.25, 0.3) is 6.02 Å². The SMILES string of the molecule is CC1(C)OC(=N[C@@H](CCO)c2cc(F)ccc2F)NS(=O)(=O)C1Cc1ccccc1. The number of hydrogen-bond donors (Lipinski definition) is 2. The lowest BCUT2D eigenvalue weighted by Crippen LogP contribution is -2.59. The first kappa shape index (κ1) is 22.2. The van der Waals surface area contributed by atoms with Crippen LogP contribution in [0.15, 0.2) is 53.5 Å². The molecule has 1 heterocycles. The van der Waals surface area contributed by atoms with E-state index in [1.165, 1.54) is 0 Å². The molecule has 30 heavy (non-hydrogen) atoms. The molecule has 2 aromatic carbocycles. The molecule has 3 rings (SSSR count). The van der Waals surface area contributed by atoms with E-state index < -0.39 is 38.6 Å². The molecule has 6 nitrogen and oxygen atoms in total. The summed E-state index contributed by atoms with van der Waals surface area (Å²) in [5.41, 5.74) is -0.392. The van der Waals surface area contributed by atoms with E-state index in [-0.39, 0.29) is 31.0 Å². The average Bonchev–Trinajstić information content (AvgIpc) is 2.66. The van der Waals surface area contributed by atoms with Crippen LogP contribution >= 0.6 is 0 Å². The highest BCUT2D eigenvalue weighted by Crippen LogP contribution is 2.31. The number of benzene rings is 2. The van der Waals surface area contributed by atoms with Crippen molar-refractivity contribution in [1.82, 2.24) is 4.72 Å². The Morgan fingerprint density at radius 1 is 1.20 bits per heavy atom. The number of hydrogen-bond acceptors (Lipinski definition) is 5. The maximum atomic E-state index is 14.2. The summed E-state index contributed by atoms with van der Waals surface area (Å²) >= 11 is 0. The van der Waals surface area contributed by atoms with Gasteiger partial charge in [0.2, 0.25) is 10.0 Å². The van der Waals surface area contributed by atoms with Crippen molar-refractivity contribution in [3.8, 4) is 0 Å². The van der Waals surface area contributed by atoms with Crippen molar-refractivity contribution < 1.29 is 27.0 Å². The van der Waals surface area contributed by atoms with Crippen LogP contribution in [-0.2, 0) is 21.2 Å². The fourth-order valence-electron chi connectivity index (χ4n) is 3.46. The molecule has 1 unspecified atom stereocenters. The van der Waals surface area contributed by atoms with E-state index in [1.807, 2.05) is 30.3 Å². The minimum absolute atomic E-state index is 0.0389. The number of aliphatic hydroxyl groups is 1. The van der Waals surface area contributed by atoms with Gasteiger partial charge in [0.05, 0.1) is 6.04 Å². The number of aliphatic imine (C=N–C) groups is 1. The Morgan fingerprint density at radius 2 is 1.90 bits per heavy atom. The summed E-state index contributed by atoms with van der Waals surface area (Å²) in [6, 6.07) is 10.7. The predicted octanol–water partition coefficient (Wildman–Crippen LogP) is 3.08. The fourth-order valence-corrected chi connectivity index (χ4v) is 5.15. The topological polar surface area (TPSA) is 88.0 Å². The van der Waals surface area contributed by atoms with Crippen LogP contribution in [0.5, 0.6) is 0 Å². The largest absolute Gasteiger partial charge is 0.457 e. The highest BCUT2D eigenvalue weighted by molar-refractivity contribution is 7.90. The van der Waals surface area contributed by atoms with Gasteiger partial charge in [-0.1, -0.05) is 30.3 Å². The second kappa shape index (κ2) is 8.69. The molecule has 0 bridgehead atoms. The maximum absolute atomic E-state index is 14.2. The quantitative estimate of drug-likeness (QED) is 0.726. The van der Waals surface area contributed by atoms with Crippen molar-refractivity contribution in [3.05, 3.63) is 71.3 Å². The summed E-state index contributed by atoms with van der Waals surface area (Å²) in [6.45, 7) is 2.92. The van der Waals surface area contributed by atoms with Crippen molar-refractivity contribution >= 4 is 16.0 Å². The standard InChI is InChI=1S/C21H24F2N2O4S/c1-21(2)19(12-14-6-4-3-5-7-14)30(27,28)25-20(29-21)24-18(10-11-26)16-13-15(22)8-9-17(16)23/h3-9,13,18-19,26H,10-12H2,1-2H3,(H,24,25)/t18-,19?/m0/s1. The van der Waals surface area contributed by atoms with Crippen molar-refractivity contribution in [2.24, 2.45) is 4.99 Å². The van der Waals surface area contributed by atoms with Gasteiger partial charge in [0.15, 0.2) is 0 Å². The molecule has 2 N–H and O–H groups in total. The molecule has 0 spiro atoms. The highest BCUT2D eigenvalue weighted by atomic mass is 32.2. The lowest BCUT2D eigenvalue weighted by atomic mass is 9.97. The molecule has 0 aromatic heterocycles. The lowest BCUT2D eigenvalue weighted by Gasteiger charge is -2.39. The van der Waals surface area contributed by atoms with Crippen LogP contribution in [0.2, 0.25) is 0 Å². The van der Waals surface area contributed by atoms with Gasteiger partial charge in [0, 0.05) is 12.2 Å². The highest BCUT2D eigenvalue weighted by Gasteiger charge is 2.47. The molecule has 0 radical (unpaired) electrons. The van der Waals surface area contributed by atoms with Crippen molar-refractivity contribution in [3.63, 3.8) is 0 Å². The second-order valence-corrected chi connectivity index (χ2v) is 9.52. The van der Waals surface area contributed by atoms with Gasteiger partial charge in [-0.2, -0.15) is 0 Å². The summed E-state index contributed by atoms with van der Waals surface area (Å²) < 4.78 is 61.9. The van der Waals surface area contributed by atoms with Crippen molar-refractivity contribution in [2.75, 3.05) is 6.61 Å². The second-order valence-electron chi connectivity index (χ2n) is 7.66. The molecule has 1 aliphatic heterocycles. The zero-order valence-electron chi connectivity index (χ0n) is 16.7. The van der Waals surface area contributed by atoms with Gasteiger partial charge in [-0.15, -0.1) is 0 Å². The third kappa shape index (κ3) is 4.96. The minimum atomic E-state index is -3.88. The van der Waals surface area contributed by atoms with E-state index in [2.05, 4.69) is 9.71 Å². The van der Waals surface area contributed by atoms with Crippen LogP contribution in [0.25, 0.3) is 0 Å². The summed E-state index contributed by atoms with van der Waals surface area (Å²) in [7, 11) is -3.88. The number of sulfonamides is 1. The molecule has 1 aliphatic rings. The molecule has 9 heteroatoms. The number of nitrogens with one attached hydrogen (secondary N) is 1. The van der Waals surface area contributed by atoms with Crippen LogP contribution in [0.1, 0.15) is 37.4 Å². The number of nitrogens with zero attached hydrogens (tertiary/aromatic N) is 1. The van der Waals surface area contributed by atoms with Crippen LogP contribution in [0.4, 0.5) is 8.78 Å². The molecule has 2 aromatic rings. The van der Waals surface area contributed by atoms with Crippen LogP contribution in [-0.4, -0.2) is 37.0 Å². The van der Waals surface area contributed by atoms with Crippen molar-refractivity contribution in [2.45, 2.75) is 43.6 Å². The van der Waals surface area contributed by atoms with E-state index in [0.717, 1.165) is 23.8 Å². The molecule has 1 fully saturated rings. The van der Waals surface area contributed by atoms with E-state index in [0.29, 0.717) is 0 Å². The van der Waals surface area contributed by atoms with Gasteiger partial charge in [-0.25, -0.2) is 26.9 Å².